The van der Waals surface area contributed by atoms with Gasteiger partial charge in [-0.3, -0.25) is 9.59 Å². The first-order valence-corrected chi connectivity index (χ1v) is 7.17. The number of hydrogen-bond donors (Lipinski definition) is 1. The van der Waals surface area contributed by atoms with E-state index >= 15 is 0 Å². The number of carbonyl (C=O) groups excluding carboxylic acids is 1. The van der Waals surface area contributed by atoms with E-state index in [4.69, 9.17) is 9.84 Å². The van der Waals surface area contributed by atoms with Crippen LogP contribution in [0.3, 0.4) is 0 Å². The summed E-state index contributed by atoms with van der Waals surface area (Å²) in [5.74, 6) is -1.09. The van der Waals surface area contributed by atoms with Crippen molar-refractivity contribution >= 4 is 11.9 Å². The smallest absolute Gasteiger partial charge is 0.306 e. The van der Waals surface area contributed by atoms with E-state index in [0.717, 1.165) is 6.42 Å². The van der Waals surface area contributed by atoms with Crippen molar-refractivity contribution in [3.63, 3.8) is 0 Å². The third-order valence-corrected chi connectivity index (χ3v) is 4.35. The van der Waals surface area contributed by atoms with Crippen LogP contribution >= 0.6 is 0 Å². The fourth-order valence-corrected chi connectivity index (χ4v) is 3.12. The predicted molar refractivity (Wildman–Crippen MR) is 69.7 cm³/mol. The number of aliphatic carboxylic acids is 1. The van der Waals surface area contributed by atoms with Crippen LogP contribution in [0.5, 0.6) is 0 Å². The van der Waals surface area contributed by atoms with Gasteiger partial charge in [0.15, 0.2) is 0 Å². The summed E-state index contributed by atoms with van der Waals surface area (Å²) in [4.78, 5) is 25.5. The van der Waals surface area contributed by atoms with Crippen molar-refractivity contribution in [2.45, 2.75) is 51.7 Å². The second-order valence-electron chi connectivity index (χ2n) is 5.74. The largest absolute Gasteiger partial charge is 0.481 e. The van der Waals surface area contributed by atoms with Crippen molar-refractivity contribution in [3.8, 4) is 0 Å². The molecule has 1 N–H and O–H groups in total. The van der Waals surface area contributed by atoms with Gasteiger partial charge in [0, 0.05) is 12.5 Å². The number of amides is 1. The van der Waals surface area contributed by atoms with E-state index in [1.165, 1.54) is 0 Å². The molecule has 0 spiro atoms. The lowest BCUT2D eigenvalue weighted by atomic mass is 10.0. The average molecular weight is 269 g/mol. The first-order valence-electron chi connectivity index (χ1n) is 7.17. The van der Waals surface area contributed by atoms with Gasteiger partial charge in [0.25, 0.3) is 0 Å². The van der Waals surface area contributed by atoms with E-state index in [9.17, 15) is 9.59 Å². The maximum atomic E-state index is 12.6. The Labute approximate surface area is 113 Å². The van der Waals surface area contributed by atoms with Crippen molar-refractivity contribution < 1.29 is 19.4 Å². The zero-order valence-corrected chi connectivity index (χ0v) is 11.7. The summed E-state index contributed by atoms with van der Waals surface area (Å²) in [6, 6.07) is 0.146. The van der Waals surface area contributed by atoms with E-state index in [1.54, 1.807) is 0 Å². The minimum Gasteiger partial charge on any atom is -0.481 e. The molecule has 19 heavy (non-hydrogen) atoms. The van der Waals surface area contributed by atoms with Crippen LogP contribution in [0.15, 0.2) is 0 Å². The molecule has 1 aliphatic heterocycles. The predicted octanol–water partition coefficient (Wildman–Crippen LogP) is 1.51. The molecule has 0 radical (unpaired) electrons. The van der Waals surface area contributed by atoms with Gasteiger partial charge >= 0.3 is 5.97 Å². The SMILES string of the molecule is CCC1COC(C)CN1C(=O)[C@@H]1CC[C@H](C(=O)O)C1. The zero-order valence-electron chi connectivity index (χ0n) is 11.7. The van der Waals surface area contributed by atoms with E-state index < -0.39 is 5.97 Å². The molecule has 5 nitrogen and oxygen atoms in total. The molecule has 1 aliphatic carbocycles. The Hall–Kier alpha value is -1.10. The summed E-state index contributed by atoms with van der Waals surface area (Å²) in [7, 11) is 0. The van der Waals surface area contributed by atoms with Crippen molar-refractivity contribution in [2.75, 3.05) is 13.2 Å². The van der Waals surface area contributed by atoms with E-state index in [-0.39, 0.29) is 29.9 Å². The van der Waals surface area contributed by atoms with Crippen molar-refractivity contribution in [2.24, 2.45) is 11.8 Å². The van der Waals surface area contributed by atoms with Crippen LogP contribution < -0.4 is 0 Å². The second kappa shape index (κ2) is 5.90. The molecule has 5 heteroatoms. The summed E-state index contributed by atoms with van der Waals surface area (Å²) in [5.41, 5.74) is 0. The molecular formula is C14H23NO4. The Morgan fingerprint density at radius 1 is 1.32 bits per heavy atom. The van der Waals surface area contributed by atoms with Gasteiger partial charge < -0.3 is 14.7 Å². The summed E-state index contributed by atoms with van der Waals surface area (Å²) >= 11 is 0. The highest BCUT2D eigenvalue weighted by Gasteiger charge is 2.39. The molecule has 1 saturated heterocycles. The van der Waals surface area contributed by atoms with Gasteiger partial charge in [0.2, 0.25) is 5.91 Å². The van der Waals surface area contributed by atoms with Gasteiger partial charge in [-0.05, 0) is 32.6 Å². The third kappa shape index (κ3) is 3.08. The number of rotatable bonds is 3. The zero-order chi connectivity index (χ0) is 14.0. The number of carbonyl (C=O) groups is 2. The number of carboxylic acids is 1. The molecule has 0 aromatic carbocycles. The van der Waals surface area contributed by atoms with Gasteiger partial charge in [-0.25, -0.2) is 0 Å². The summed E-state index contributed by atoms with van der Waals surface area (Å²) in [5, 5.41) is 9.02. The molecule has 1 heterocycles. The van der Waals surface area contributed by atoms with Crippen LogP contribution in [0.2, 0.25) is 0 Å². The molecule has 0 bridgehead atoms. The van der Waals surface area contributed by atoms with Gasteiger partial charge in [-0.2, -0.15) is 0 Å². The Morgan fingerprint density at radius 3 is 2.58 bits per heavy atom. The third-order valence-electron chi connectivity index (χ3n) is 4.35. The van der Waals surface area contributed by atoms with Crippen molar-refractivity contribution in [3.05, 3.63) is 0 Å². The molecule has 4 atom stereocenters. The number of morpholine rings is 1. The molecule has 2 aliphatic rings. The van der Waals surface area contributed by atoms with Crippen LogP contribution in [-0.4, -0.2) is 47.2 Å². The monoisotopic (exact) mass is 269 g/mol. The van der Waals surface area contributed by atoms with Crippen LogP contribution in [0.4, 0.5) is 0 Å². The first kappa shape index (κ1) is 14.3. The van der Waals surface area contributed by atoms with Gasteiger partial charge in [0.1, 0.15) is 0 Å². The topological polar surface area (TPSA) is 66.8 Å². The molecule has 2 fully saturated rings. The van der Waals surface area contributed by atoms with E-state index in [1.807, 2.05) is 11.8 Å². The van der Waals surface area contributed by atoms with Crippen molar-refractivity contribution in [1.82, 2.24) is 4.90 Å². The van der Waals surface area contributed by atoms with Gasteiger partial charge in [0.05, 0.1) is 24.7 Å². The molecule has 1 amide bonds. The van der Waals surface area contributed by atoms with Gasteiger partial charge in [-0.15, -0.1) is 0 Å². The minimum atomic E-state index is -0.766. The quantitative estimate of drug-likeness (QED) is 0.843. The van der Waals surface area contributed by atoms with Gasteiger partial charge in [-0.1, -0.05) is 6.92 Å². The fraction of sp³-hybridized carbons (Fsp3) is 0.857. The lowest BCUT2D eigenvalue weighted by Crippen LogP contribution is -2.52. The lowest BCUT2D eigenvalue weighted by molar-refractivity contribution is -0.149. The summed E-state index contributed by atoms with van der Waals surface area (Å²) < 4.78 is 5.60. The van der Waals surface area contributed by atoms with Crippen molar-refractivity contribution in [1.29, 1.82) is 0 Å². The molecule has 108 valence electrons. The standard InChI is InChI=1S/C14H23NO4/c1-3-12-8-19-9(2)7-15(12)13(16)10-4-5-11(6-10)14(17)18/h9-12H,3-8H2,1-2H3,(H,17,18)/t9?,10-,11+,12?/m1/s1. The average Bonchev–Trinajstić information content (AvgIpc) is 2.87. The number of carboxylic acid groups (broad SMARTS) is 1. The summed E-state index contributed by atoms with van der Waals surface area (Å²) in [6.45, 7) is 5.25. The maximum Gasteiger partial charge on any atom is 0.306 e. The highest BCUT2D eigenvalue weighted by molar-refractivity contribution is 5.81. The van der Waals surface area contributed by atoms with Crippen LogP contribution in [0.1, 0.15) is 39.5 Å². The first-order chi connectivity index (χ1) is 9.02. The van der Waals surface area contributed by atoms with Crippen LogP contribution in [0.25, 0.3) is 0 Å². The number of nitrogens with zero attached hydrogens (tertiary/aromatic N) is 1. The highest BCUT2D eigenvalue weighted by Crippen LogP contribution is 2.33. The molecule has 1 saturated carbocycles. The Morgan fingerprint density at radius 2 is 2.00 bits per heavy atom. The lowest BCUT2D eigenvalue weighted by Gasteiger charge is -2.39. The molecular weight excluding hydrogens is 246 g/mol. The minimum absolute atomic E-state index is 0.0726. The molecule has 0 aromatic rings. The Balaban J connectivity index is 2.00. The van der Waals surface area contributed by atoms with Crippen LogP contribution in [0, 0.1) is 11.8 Å². The van der Waals surface area contributed by atoms with Crippen LogP contribution in [-0.2, 0) is 14.3 Å². The van der Waals surface area contributed by atoms with E-state index in [2.05, 4.69) is 6.92 Å². The normalized spacial score (nSPS) is 35.4. The molecule has 0 aromatic heterocycles. The summed E-state index contributed by atoms with van der Waals surface area (Å²) in [6.07, 6.45) is 2.79. The molecule has 2 unspecified atom stereocenters. The number of hydrogen-bond acceptors (Lipinski definition) is 3. The highest BCUT2D eigenvalue weighted by atomic mass is 16.5. The maximum absolute atomic E-state index is 12.6. The molecule has 2 rings (SSSR count). The Kier molecular flexibility index (Phi) is 4.45. The Bertz CT molecular complexity index is 357. The van der Waals surface area contributed by atoms with E-state index in [0.29, 0.717) is 32.4 Å². The second-order valence-corrected chi connectivity index (χ2v) is 5.74. The number of ether oxygens (including phenoxy) is 1. The fourth-order valence-electron chi connectivity index (χ4n) is 3.12.